The molecule has 0 unspecified atom stereocenters. The number of amides is 1. The van der Waals surface area contributed by atoms with Gasteiger partial charge in [-0.2, -0.15) is 0 Å². The Kier molecular flexibility index (Phi) is 6.83. The molecule has 1 rings (SSSR count). The number of carbonyl (C=O) groups excluding carboxylic acids is 1. The van der Waals surface area contributed by atoms with Gasteiger partial charge in [0.1, 0.15) is 12.1 Å². The smallest absolute Gasteiger partial charge is 0.411 e. The van der Waals surface area contributed by atoms with Crippen LogP contribution in [0.2, 0.25) is 0 Å². The van der Waals surface area contributed by atoms with Crippen molar-refractivity contribution in [3.63, 3.8) is 0 Å². The van der Waals surface area contributed by atoms with Gasteiger partial charge >= 0.3 is 12.1 Å². The number of nitrogens with zero attached hydrogens (tertiary/aromatic N) is 1. The predicted molar refractivity (Wildman–Crippen MR) is 71.1 cm³/mol. The summed E-state index contributed by atoms with van der Waals surface area (Å²) >= 11 is 0. The lowest BCUT2D eigenvalue weighted by atomic mass is 9.94. The molecule has 6 heteroatoms. The molecule has 1 aliphatic rings. The molecule has 1 amide bonds. The van der Waals surface area contributed by atoms with Crippen molar-refractivity contribution in [1.29, 1.82) is 0 Å². The van der Waals surface area contributed by atoms with Gasteiger partial charge in [-0.15, -0.1) is 0 Å². The largest absolute Gasteiger partial charge is 0.480 e. The molecule has 0 aromatic carbocycles. The average molecular weight is 275 g/mol. The SMILES string of the molecule is CC(C)(C)OC(=O)N(CC(=O)O)C1CCCCC1.O. The van der Waals surface area contributed by atoms with E-state index < -0.39 is 17.7 Å². The Morgan fingerprint density at radius 1 is 1.21 bits per heavy atom. The summed E-state index contributed by atoms with van der Waals surface area (Å²) in [4.78, 5) is 24.3. The van der Waals surface area contributed by atoms with Gasteiger partial charge in [0.2, 0.25) is 0 Å². The number of carboxylic acids is 1. The molecule has 1 aliphatic carbocycles. The third kappa shape index (κ3) is 6.42. The molecule has 0 saturated heterocycles. The first kappa shape index (κ1) is 17.7. The third-order valence-electron chi connectivity index (χ3n) is 2.95. The molecule has 0 aliphatic heterocycles. The molecule has 0 radical (unpaired) electrons. The lowest BCUT2D eigenvalue weighted by molar-refractivity contribution is -0.139. The van der Waals surface area contributed by atoms with E-state index in [0.29, 0.717) is 0 Å². The summed E-state index contributed by atoms with van der Waals surface area (Å²) in [7, 11) is 0. The van der Waals surface area contributed by atoms with Crippen LogP contribution < -0.4 is 0 Å². The number of ether oxygens (including phenoxy) is 1. The zero-order chi connectivity index (χ0) is 13.8. The van der Waals surface area contributed by atoms with Crippen LogP contribution in [0.5, 0.6) is 0 Å². The van der Waals surface area contributed by atoms with Gasteiger partial charge in [-0.05, 0) is 33.6 Å². The highest BCUT2D eigenvalue weighted by Crippen LogP contribution is 2.24. The number of carbonyl (C=O) groups is 2. The van der Waals surface area contributed by atoms with Crippen molar-refractivity contribution in [3.8, 4) is 0 Å². The molecule has 0 spiro atoms. The summed E-state index contributed by atoms with van der Waals surface area (Å²) in [6, 6.07) is 0.00435. The second-order valence-corrected chi connectivity index (χ2v) is 5.79. The Bertz CT molecular complexity index is 305. The topological polar surface area (TPSA) is 98.3 Å². The molecule has 1 saturated carbocycles. The summed E-state index contributed by atoms with van der Waals surface area (Å²) in [6.07, 6.45) is 4.47. The van der Waals surface area contributed by atoms with Crippen molar-refractivity contribution in [2.75, 3.05) is 6.54 Å². The number of rotatable bonds is 3. The molecule has 0 aromatic heterocycles. The quantitative estimate of drug-likeness (QED) is 0.849. The molecule has 6 nitrogen and oxygen atoms in total. The summed E-state index contributed by atoms with van der Waals surface area (Å²) < 4.78 is 5.28. The van der Waals surface area contributed by atoms with Crippen molar-refractivity contribution >= 4 is 12.1 Å². The maximum atomic E-state index is 12.0. The Morgan fingerprint density at radius 3 is 2.16 bits per heavy atom. The fourth-order valence-corrected chi connectivity index (χ4v) is 2.20. The molecule has 0 heterocycles. The highest BCUT2D eigenvalue weighted by Gasteiger charge is 2.30. The second-order valence-electron chi connectivity index (χ2n) is 5.79. The zero-order valence-electron chi connectivity index (χ0n) is 11.9. The summed E-state index contributed by atoms with van der Waals surface area (Å²) in [5.74, 6) is -0.994. The third-order valence-corrected chi connectivity index (χ3v) is 2.95. The van der Waals surface area contributed by atoms with Gasteiger partial charge in [0.25, 0.3) is 0 Å². The molecule has 3 N–H and O–H groups in total. The monoisotopic (exact) mass is 275 g/mol. The first-order valence-corrected chi connectivity index (χ1v) is 6.51. The standard InChI is InChI=1S/C13H23NO4.H2O/c1-13(2,3)18-12(17)14(9-11(15)16)10-7-5-4-6-8-10;/h10H,4-9H2,1-3H3,(H,15,16);1H2. The van der Waals surface area contributed by atoms with E-state index in [1.165, 1.54) is 4.90 Å². The lowest BCUT2D eigenvalue weighted by Crippen LogP contribution is -2.46. The zero-order valence-corrected chi connectivity index (χ0v) is 11.9. The molecule has 0 aromatic rings. The maximum Gasteiger partial charge on any atom is 0.411 e. The van der Waals surface area contributed by atoms with Crippen LogP contribution in [-0.2, 0) is 9.53 Å². The summed E-state index contributed by atoms with van der Waals surface area (Å²) in [6.45, 7) is 5.07. The van der Waals surface area contributed by atoms with Crippen molar-refractivity contribution in [3.05, 3.63) is 0 Å². The highest BCUT2D eigenvalue weighted by molar-refractivity contribution is 5.77. The van der Waals surface area contributed by atoms with Gasteiger partial charge in [-0.3, -0.25) is 9.69 Å². The van der Waals surface area contributed by atoms with Gasteiger partial charge in [-0.25, -0.2) is 4.79 Å². The average Bonchev–Trinajstić information content (AvgIpc) is 2.24. The van der Waals surface area contributed by atoms with Gasteiger partial charge in [-0.1, -0.05) is 19.3 Å². The van der Waals surface area contributed by atoms with Crippen LogP contribution in [0.15, 0.2) is 0 Å². The van der Waals surface area contributed by atoms with Crippen molar-refractivity contribution in [1.82, 2.24) is 4.90 Å². The van der Waals surface area contributed by atoms with Crippen LogP contribution in [0.4, 0.5) is 4.79 Å². The van der Waals surface area contributed by atoms with Gasteiger partial charge in [0, 0.05) is 6.04 Å². The van der Waals surface area contributed by atoms with E-state index >= 15 is 0 Å². The van der Waals surface area contributed by atoms with E-state index in [0.717, 1.165) is 32.1 Å². The minimum Gasteiger partial charge on any atom is -0.480 e. The van der Waals surface area contributed by atoms with Crippen LogP contribution in [0.25, 0.3) is 0 Å². The molecular weight excluding hydrogens is 250 g/mol. The minimum absolute atomic E-state index is 0. The van der Waals surface area contributed by atoms with Crippen molar-refractivity contribution in [2.45, 2.75) is 64.5 Å². The fraction of sp³-hybridized carbons (Fsp3) is 0.846. The molecular formula is C13H25NO5. The van der Waals surface area contributed by atoms with E-state index in [4.69, 9.17) is 9.84 Å². The van der Waals surface area contributed by atoms with Gasteiger partial charge in [0.15, 0.2) is 0 Å². The van der Waals surface area contributed by atoms with Crippen molar-refractivity contribution in [2.24, 2.45) is 0 Å². The van der Waals surface area contributed by atoms with E-state index in [-0.39, 0.29) is 18.1 Å². The minimum atomic E-state index is -0.994. The van der Waals surface area contributed by atoms with Crippen LogP contribution in [0, 0.1) is 0 Å². The molecule has 0 atom stereocenters. The second kappa shape index (κ2) is 7.33. The fourth-order valence-electron chi connectivity index (χ4n) is 2.20. The van der Waals surface area contributed by atoms with Crippen LogP contribution >= 0.6 is 0 Å². The van der Waals surface area contributed by atoms with E-state index in [1.807, 2.05) is 0 Å². The number of hydrogen-bond donors (Lipinski definition) is 1. The normalized spacial score (nSPS) is 16.4. The van der Waals surface area contributed by atoms with E-state index in [9.17, 15) is 9.59 Å². The molecule has 112 valence electrons. The van der Waals surface area contributed by atoms with Crippen LogP contribution in [0.3, 0.4) is 0 Å². The maximum absolute atomic E-state index is 12.0. The Balaban J connectivity index is 0.00000324. The van der Waals surface area contributed by atoms with E-state index in [2.05, 4.69) is 0 Å². The van der Waals surface area contributed by atoms with Gasteiger partial charge < -0.3 is 15.3 Å². The first-order valence-electron chi connectivity index (χ1n) is 6.51. The summed E-state index contributed by atoms with van der Waals surface area (Å²) in [5.41, 5.74) is -0.595. The Hall–Kier alpha value is -1.30. The highest BCUT2D eigenvalue weighted by atomic mass is 16.6. The molecule has 0 bridgehead atoms. The van der Waals surface area contributed by atoms with Gasteiger partial charge in [0.05, 0.1) is 0 Å². The predicted octanol–water partition coefficient (Wildman–Crippen LogP) is 1.82. The molecule has 19 heavy (non-hydrogen) atoms. The Labute approximate surface area is 114 Å². The Morgan fingerprint density at radius 2 is 1.74 bits per heavy atom. The van der Waals surface area contributed by atoms with E-state index in [1.54, 1.807) is 20.8 Å². The summed E-state index contributed by atoms with van der Waals surface area (Å²) in [5, 5.41) is 8.91. The lowest BCUT2D eigenvalue weighted by Gasteiger charge is -2.34. The number of hydrogen-bond acceptors (Lipinski definition) is 3. The van der Waals surface area contributed by atoms with Crippen LogP contribution in [0.1, 0.15) is 52.9 Å². The van der Waals surface area contributed by atoms with Crippen molar-refractivity contribution < 1.29 is 24.9 Å². The first-order chi connectivity index (χ1) is 8.29. The van der Waals surface area contributed by atoms with Crippen LogP contribution in [-0.4, -0.2) is 45.7 Å². The number of aliphatic carboxylic acids is 1. The number of carboxylic acid groups (broad SMARTS) is 1. The molecule has 1 fully saturated rings.